The van der Waals surface area contributed by atoms with Gasteiger partial charge in [0.05, 0.1) is 27.3 Å². The zero-order chi connectivity index (χ0) is 25.2. The van der Waals surface area contributed by atoms with Crippen LogP contribution in [-0.2, 0) is 16.6 Å². The molecule has 0 bridgehead atoms. The molecule has 0 aliphatic heterocycles. The van der Waals surface area contributed by atoms with Crippen LogP contribution < -0.4 is 9.11 Å². The molecule has 1 aromatic heterocycles. The summed E-state index contributed by atoms with van der Waals surface area (Å²) >= 11 is 1.40. The number of nitrogens with zero attached hydrogens (tertiary/aromatic N) is 3. The molecule has 3 aromatic carbocycles. The second-order valence-electron chi connectivity index (χ2n) is 8.05. The number of hydrogen-bond acceptors (Lipinski definition) is 4. The van der Waals surface area contributed by atoms with Gasteiger partial charge < -0.3 is 4.57 Å². The van der Waals surface area contributed by atoms with Crippen LogP contribution in [0.15, 0.2) is 76.6 Å². The van der Waals surface area contributed by atoms with E-state index in [0.717, 1.165) is 21.3 Å². The Morgan fingerprint density at radius 3 is 2.40 bits per heavy atom. The molecule has 0 aliphatic carbocycles. The first-order valence-electron chi connectivity index (χ1n) is 11.1. The minimum absolute atomic E-state index is 0.107. The van der Waals surface area contributed by atoms with Gasteiger partial charge in [0.15, 0.2) is 4.80 Å². The van der Waals surface area contributed by atoms with E-state index in [2.05, 4.69) is 23.0 Å². The van der Waals surface area contributed by atoms with Gasteiger partial charge in [0.25, 0.3) is 15.9 Å². The van der Waals surface area contributed by atoms with Crippen molar-refractivity contribution in [1.29, 1.82) is 0 Å². The molecule has 0 spiro atoms. The average molecular weight is 504 g/mol. The van der Waals surface area contributed by atoms with Gasteiger partial charge in [-0.3, -0.25) is 9.10 Å². The van der Waals surface area contributed by atoms with Crippen LogP contribution in [0.3, 0.4) is 0 Å². The highest BCUT2D eigenvalue weighted by Gasteiger charge is 2.23. The maximum atomic E-state index is 13.2. The van der Waals surface area contributed by atoms with Gasteiger partial charge in [-0.15, -0.1) is 6.42 Å². The number of anilines is 1. The van der Waals surface area contributed by atoms with Gasteiger partial charge in [-0.05, 0) is 74.4 Å². The summed E-state index contributed by atoms with van der Waals surface area (Å²) in [5.74, 6) is 2.18. The lowest BCUT2D eigenvalue weighted by Gasteiger charge is -2.22. The molecular weight excluding hydrogens is 478 g/mol. The maximum absolute atomic E-state index is 13.2. The number of carbonyl (C=O) groups excluding carboxylic acids is 1. The average Bonchev–Trinajstić information content (AvgIpc) is 3.17. The van der Waals surface area contributed by atoms with Crippen molar-refractivity contribution >= 4 is 43.2 Å². The highest BCUT2D eigenvalue weighted by molar-refractivity contribution is 7.92. The molecule has 0 radical (unpaired) electrons. The molecule has 6 nitrogen and oxygen atoms in total. The summed E-state index contributed by atoms with van der Waals surface area (Å²) in [6, 6.07) is 18.9. The fourth-order valence-corrected chi connectivity index (χ4v) is 6.73. The number of hydrogen-bond donors (Lipinski definition) is 0. The smallest absolute Gasteiger partial charge is 0.279 e. The molecule has 1 heterocycles. The van der Waals surface area contributed by atoms with E-state index in [9.17, 15) is 13.2 Å². The predicted octanol–water partition coefficient (Wildman–Crippen LogP) is 4.91. The number of aromatic nitrogens is 1. The number of aryl methyl sites for hydroxylation is 2. The van der Waals surface area contributed by atoms with Gasteiger partial charge in [0, 0.05) is 12.1 Å². The number of fused-ring (bicyclic) bond motifs is 1. The monoisotopic (exact) mass is 503 g/mol. The number of benzene rings is 3. The van der Waals surface area contributed by atoms with Gasteiger partial charge in [0.1, 0.15) is 0 Å². The number of para-hydroxylation sites is 1. The Labute approximate surface area is 209 Å². The molecule has 178 valence electrons. The summed E-state index contributed by atoms with van der Waals surface area (Å²) < 4.78 is 30.6. The molecule has 8 heteroatoms. The largest absolute Gasteiger partial charge is 0.304 e. The normalized spacial score (nSPS) is 12.0. The van der Waals surface area contributed by atoms with Crippen molar-refractivity contribution in [2.24, 2.45) is 4.99 Å². The molecule has 0 unspecified atom stereocenters. The Balaban J connectivity index is 1.70. The first kappa shape index (κ1) is 24.5. The quantitative estimate of drug-likeness (QED) is 0.351. The molecule has 0 fully saturated rings. The third-order valence-corrected chi connectivity index (χ3v) is 8.52. The van der Waals surface area contributed by atoms with E-state index in [1.54, 1.807) is 31.2 Å². The van der Waals surface area contributed by atoms with Crippen molar-refractivity contribution in [3.8, 4) is 12.3 Å². The summed E-state index contributed by atoms with van der Waals surface area (Å²) in [6.07, 6.45) is 5.58. The van der Waals surface area contributed by atoms with Crippen molar-refractivity contribution in [1.82, 2.24) is 4.57 Å². The zero-order valence-corrected chi connectivity index (χ0v) is 21.4. The van der Waals surface area contributed by atoms with E-state index < -0.39 is 15.9 Å². The molecule has 0 atom stereocenters. The number of sulfonamides is 1. The highest BCUT2D eigenvalue weighted by atomic mass is 32.2. The van der Waals surface area contributed by atoms with Crippen LogP contribution in [0.1, 0.15) is 28.4 Å². The summed E-state index contributed by atoms with van der Waals surface area (Å²) in [5, 5.41) is 0. The molecule has 1 amide bonds. The second kappa shape index (κ2) is 9.90. The molecule has 0 saturated carbocycles. The van der Waals surface area contributed by atoms with E-state index in [1.807, 2.05) is 24.5 Å². The third kappa shape index (κ3) is 4.78. The number of rotatable bonds is 6. The predicted molar refractivity (Wildman–Crippen MR) is 141 cm³/mol. The highest BCUT2D eigenvalue weighted by Crippen LogP contribution is 2.25. The second-order valence-corrected chi connectivity index (χ2v) is 10.9. The topological polar surface area (TPSA) is 71.7 Å². The zero-order valence-electron chi connectivity index (χ0n) is 19.7. The van der Waals surface area contributed by atoms with E-state index >= 15 is 0 Å². The van der Waals surface area contributed by atoms with E-state index in [4.69, 9.17) is 6.42 Å². The Morgan fingerprint density at radius 1 is 1.09 bits per heavy atom. The molecule has 35 heavy (non-hydrogen) atoms. The summed E-state index contributed by atoms with van der Waals surface area (Å²) in [5.41, 5.74) is 4.03. The molecule has 0 aliphatic rings. The van der Waals surface area contributed by atoms with Crippen LogP contribution in [0.25, 0.3) is 10.2 Å². The molecular formula is C27H25N3O3S2. The molecule has 4 rings (SSSR count). The van der Waals surface area contributed by atoms with Crippen LogP contribution in [0.2, 0.25) is 0 Å². The first-order valence-corrected chi connectivity index (χ1v) is 13.3. The number of thiazole rings is 1. The Morgan fingerprint density at radius 2 is 1.77 bits per heavy atom. The summed E-state index contributed by atoms with van der Waals surface area (Å²) in [4.78, 5) is 17.9. The van der Waals surface area contributed by atoms with Crippen molar-refractivity contribution < 1.29 is 13.2 Å². The lowest BCUT2D eigenvalue weighted by atomic mass is 10.1. The van der Waals surface area contributed by atoms with Crippen molar-refractivity contribution in [2.75, 3.05) is 10.8 Å². The van der Waals surface area contributed by atoms with Gasteiger partial charge in [-0.25, -0.2) is 8.42 Å². The Kier molecular flexibility index (Phi) is 6.92. The lowest BCUT2D eigenvalue weighted by molar-refractivity contribution is 0.0998. The SMILES string of the molecule is C#CCn1c(=NC(=O)c2ccc(S(=O)(=O)N(CC)c3ccccc3)cc2)sc2cc(C)cc(C)c21. The maximum Gasteiger partial charge on any atom is 0.279 e. The summed E-state index contributed by atoms with van der Waals surface area (Å²) in [6.45, 7) is 6.38. The Hall–Kier alpha value is -3.67. The van der Waals surface area contributed by atoms with Crippen molar-refractivity contribution in [3.05, 3.63) is 88.2 Å². The minimum atomic E-state index is -3.78. The number of carbonyl (C=O) groups is 1. The standard InChI is InChI=1S/C27H25N3O3S2/c1-5-16-29-25-20(4)17-19(3)18-24(25)34-27(29)28-26(31)21-12-14-23(15-13-21)35(32,33)30(6-2)22-10-8-7-9-11-22/h1,7-15,17-18H,6,16H2,2-4H3. The van der Waals surface area contributed by atoms with Crippen LogP contribution in [0, 0.1) is 26.2 Å². The van der Waals surface area contributed by atoms with Gasteiger partial charge in [-0.2, -0.15) is 4.99 Å². The van der Waals surface area contributed by atoms with Crippen LogP contribution in [-0.4, -0.2) is 25.4 Å². The fraction of sp³-hybridized carbons (Fsp3) is 0.185. The number of terminal acetylenes is 1. The van der Waals surface area contributed by atoms with E-state index in [1.165, 1.54) is 39.9 Å². The van der Waals surface area contributed by atoms with Gasteiger partial charge >= 0.3 is 0 Å². The van der Waals surface area contributed by atoms with Crippen molar-refractivity contribution in [2.45, 2.75) is 32.2 Å². The van der Waals surface area contributed by atoms with E-state index in [0.29, 0.717) is 22.6 Å². The van der Waals surface area contributed by atoms with Crippen molar-refractivity contribution in [3.63, 3.8) is 0 Å². The molecule has 4 aromatic rings. The Bertz CT molecular complexity index is 1610. The number of amides is 1. The molecule has 0 saturated heterocycles. The van der Waals surface area contributed by atoms with Crippen LogP contribution in [0.4, 0.5) is 5.69 Å². The van der Waals surface area contributed by atoms with Crippen LogP contribution in [0.5, 0.6) is 0 Å². The van der Waals surface area contributed by atoms with Gasteiger partial charge in [0.2, 0.25) is 0 Å². The fourth-order valence-electron chi connectivity index (χ4n) is 4.05. The van der Waals surface area contributed by atoms with Crippen LogP contribution >= 0.6 is 11.3 Å². The third-order valence-electron chi connectivity index (χ3n) is 5.58. The van der Waals surface area contributed by atoms with E-state index in [-0.39, 0.29) is 11.4 Å². The summed E-state index contributed by atoms with van der Waals surface area (Å²) in [7, 11) is -3.78. The minimum Gasteiger partial charge on any atom is -0.304 e. The first-order chi connectivity index (χ1) is 16.8. The molecule has 0 N–H and O–H groups in total. The van der Waals surface area contributed by atoms with Gasteiger partial charge in [-0.1, -0.05) is 41.5 Å². The lowest BCUT2D eigenvalue weighted by Crippen LogP contribution is -2.30.